The average Bonchev–Trinajstić information content (AvgIpc) is 3.12. The molecule has 1 amide bonds. The summed E-state index contributed by atoms with van der Waals surface area (Å²) in [5.74, 6) is 0.827. The van der Waals surface area contributed by atoms with Crippen LogP contribution in [-0.2, 0) is 6.54 Å². The Labute approximate surface area is 162 Å². The van der Waals surface area contributed by atoms with E-state index in [-0.39, 0.29) is 5.91 Å². The van der Waals surface area contributed by atoms with Gasteiger partial charge in [-0.05, 0) is 36.8 Å². The third kappa shape index (κ3) is 3.51. The SMILES string of the molecule is CCN(Cc1ccccc1)C(=O)c1cc2cc3ccc(OC)cc3nc2s1. The Balaban J connectivity index is 1.67. The molecule has 0 aliphatic rings. The van der Waals surface area contributed by atoms with Crippen LogP contribution >= 0.6 is 11.3 Å². The highest BCUT2D eigenvalue weighted by Crippen LogP contribution is 2.30. The zero-order valence-electron chi connectivity index (χ0n) is 15.3. The van der Waals surface area contributed by atoms with Gasteiger partial charge in [-0.25, -0.2) is 4.98 Å². The third-order valence-corrected chi connectivity index (χ3v) is 5.64. The summed E-state index contributed by atoms with van der Waals surface area (Å²) in [6, 6.07) is 19.9. The van der Waals surface area contributed by atoms with Gasteiger partial charge < -0.3 is 9.64 Å². The van der Waals surface area contributed by atoms with Gasteiger partial charge in [-0.15, -0.1) is 11.3 Å². The van der Waals surface area contributed by atoms with Crippen LogP contribution in [0, 0.1) is 0 Å². The zero-order valence-corrected chi connectivity index (χ0v) is 16.1. The number of pyridine rings is 1. The first-order valence-electron chi connectivity index (χ1n) is 8.89. The quantitative estimate of drug-likeness (QED) is 0.485. The van der Waals surface area contributed by atoms with E-state index >= 15 is 0 Å². The van der Waals surface area contributed by atoms with Crippen molar-refractivity contribution < 1.29 is 9.53 Å². The van der Waals surface area contributed by atoms with E-state index in [4.69, 9.17) is 9.72 Å². The van der Waals surface area contributed by atoms with Gasteiger partial charge in [0, 0.05) is 29.9 Å². The van der Waals surface area contributed by atoms with Crippen LogP contribution in [0.5, 0.6) is 5.75 Å². The molecule has 0 aliphatic heterocycles. The second-order valence-electron chi connectivity index (χ2n) is 6.36. The molecule has 0 N–H and O–H groups in total. The summed E-state index contributed by atoms with van der Waals surface area (Å²) in [5, 5.41) is 2.04. The maximum Gasteiger partial charge on any atom is 0.264 e. The van der Waals surface area contributed by atoms with Gasteiger partial charge in [-0.2, -0.15) is 0 Å². The summed E-state index contributed by atoms with van der Waals surface area (Å²) in [7, 11) is 1.65. The predicted molar refractivity (Wildman–Crippen MR) is 111 cm³/mol. The number of hydrogen-bond donors (Lipinski definition) is 0. The third-order valence-electron chi connectivity index (χ3n) is 4.61. The number of carbonyl (C=O) groups excluding carboxylic acids is 1. The van der Waals surface area contributed by atoms with Crippen molar-refractivity contribution in [3.05, 3.63) is 71.1 Å². The van der Waals surface area contributed by atoms with Crippen molar-refractivity contribution in [1.29, 1.82) is 0 Å². The van der Waals surface area contributed by atoms with Crippen LogP contribution in [0.25, 0.3) is 21.1 Å². The Morgan fingerprint density at radius 3 is 2.63 bits per heavy atom. The lowest BCUT2D eigenvalue weighted by Gasteiger charge is -2.20. The van der Waals surface area contributed by atoms with Gasteiger partial charge in [-0.1, -0.05) is 30.3 Å². The molecule has 4 nitrogen and oxygen atoms in total. The number of fused-ring (bicyclic) bond motifs is 2. The van der Waals surface area contributed by atoms with Crippen LogP contribution in [-0.4, -0.2) is 29.4 Å². The Morgan fingerprint density at radius 2 is 1.89 bits per heavy atom. The number of carbonyl (C=O) groups is 1. The summed E-state index contributed by atoms with van der Waals surface area (Å²) in [4.78, 5) is 21.2. The lowest BCUT2D eigenvalue weighted by atomic mass is 10.1. The maximum absolute atomic E-state index is 13.0. The monoisotopic (exact) mass is 376 g/mol. The largest absolute Gasteiger partial charge is 0.497 e. The Kier molecular flexibility index (Phi) is 4.77. The van der Waals surface area contributed by atoms with Crippen molar-refractivity contribution in [2.75, 3.05) is 13.7 Å². The van der Waals surface area contributed by atoms with Crippen molar-refractivity contribution in [2.24, 2.45) is 0 Å². The van der Waals surface area contributed by atoms with E-state index in [9.17, 15) is 4.79 Å². The molecule has 4 aromatic rings. The number of benzene rings is 2. The van der Waals surface area contributed by atoms with E-state index in [0.29, 0.717) is 13.1 Å². The fourth-order valence-electron chi connectivity index (χ4n) is 3.12. The fraction of sp³-hybridized carbons (Fsp3) is 0.182. The van der Waals surface area contributed by atoms with Crippen LogP contribution in [0.2, 0.25) is 0 Å². The molecule has 0 radical (unpaired) electrons. The molecule has 0 spiro atoms. The molecule has 0 unspecified atom stereocenters. The second kappa shape index (κ2) is 7.37. The predicted octanol–water partition coefficient (Wildman–Crippen LogP) is 5.12. The van der Waals surface area contributed by atoms with E-state index in [2.05, 4.69) is 6.07 Å². The number of ether oxygens (including phenoxy) is 1. The van der Waals surface area contributed by atoms with Crippen LogP contribution in [0.1, 0.15) is 22.2 Å². The van der Waals surface area contributed by atoms with Gasteiger partial charge >= 0.3 is 0 Å². The molecular formula is C22H20N2O2S. The first kappa shape index (κ1) is 17.5. The minimum Gasteiger partial charge on any atom is -0.497 e. The highest BCUT2D eigenvalue weighted by atomic mass is 32.1. The van der Waals surface area contributed by atoms with E-state index in [1.165, 1.54) is 11.3 Å². The van der Waals surface area contributed by atoms with E-state index in [1.54, 1.807) is 7.11 Å². The second-order valence-corrected chi connectivity index (χ2v) is 7.39. The Hall–Kier alpha value is -2.92. The van der Waals surface area contributed by atoms with E-state index in [1.807, 2.05) is 66.4 Å². The number of thiophene rings is 1. The van der Waals surface area contributed by atoms with Gasteiger partial charge in [0.2, 0.25) is 0 Å². The molecule has 2 aromatic heterocycles. The molecule has 0 fully saturated rings. The lowest BCUT2D eigenvalue weighted by molar-refractivity contribution is 0.0757. The van der Waals surface area contributed by atoms with Crippen molar-refractivity contribution in [1.82, 2.24) is 9.88 Å². The number of hydrogen-bond acceptors (Lipinski definition) is 4. The highest BCUT2D eigenvalue weighted by Gasteiger charge is 2.18. The summed E-state index contributed by atoms with van der Waals surface area (Å²) < 4.78 is 5.28. The standard InChI is InChI=1S/C22H20N2O2S/c1-3-24(14-15-7-5-4-6-8-15)22(25)20-12-17-11-16-9-10-18(26-2)13-19(16)23-21(17)27-20/h4-13H,3,14H2,1-2H3. The summed E-state index contributed by atoms with van der Waals surface area (Å²) in [6.45, 7) is 3.28. The molecule has 0 bridgehead atoms. The molecule has 0 aliphatic carbocycles. The lowest BCUT2D eigenvalue weighted by Crippen LogP contribution is -2.29. The molecule has 0 saturated carbocycles. The van der Waals surface area contributed by atoms with Crippen LogP contribution in [0.15, 0.2) is 60.7 Å². The van der Waals surface area contributed by atoms with Gasteiger partial charge in [0.1, 0.15) is 10.6 Å². The van der Waals surface area contributed by atoms with Gasteiger partial charge in [0.15, 0.2) is 0 Å². The molecule has 2 aromatic carbocycles. The van der Waals surface area contributed by atoms with Gasteiger partial charge in [0.05, 0.1) is 17.5 Å². The van der Waals surface area contributed by atoms with Crippen molar-refractivity contribution >= 4 is 38.4 Å². The van der Waals surface area contributed by atoms with E-state index in [0.717, 1.165) is 37.3 Å². The molecule has 2 heterocycles. The summed E-state index contributed by atoms with van der Waals surface area (Å²) in [6.07, 6.45) is 0. The van der Waals surface area contributed by atoms with Crippen molar-refractivity contribution in [3.8, 4) is 5.75 Å². The molecule has 0 atom stereocenters. The van der Waals surface area contributed by atoms with Crippen molar-refractivity contribution in [2.45, 2.75) is 13.5 Å². The number of aromatic nitrogens is 1. The van der Waals surface area contributed by atoms with Gasteiger partial charge in [-0.3, -0.25) is 4.79 Å². The van der Waals surface area contributed by atoms with Crippen molar-refractivity contribution in [3.63, 3.8) is 0 Å². The average molecular weight is 376 g/mol. The number of amides is 1. The fourth-order valence-corrected chi connectivity index (χ4v) is 4.12. The van der Waals surface area contributed by atoms with Crippen LogP contribution in [0.4, 0.5) is 0 Å². The van der Waals surface area contributed by atoms with E-state index < -0.39 is 0 Å². The molecule has 5 heteroatoms. The molecule has 136 valence electrons. The Morgan fingerprint density at radius 1 is 1.07 bits per heavy atom. The first-order chi connectivity index (χ1) is 13.2. The topological polar surface area (TPSA) is 42.4 Å². The maximum atomic E-state index is 13.0. The minimum absolute atomic E-state index is 0.0472. The number of nitrogens with zero attached hydrogens (tertiary/aromatic N) is 2. The molecular weight excluding hydrogens is 356 g/mol. The number of rotatable bonds is 5. The Bertz CT molecular complexity index is 1110. The van der Waals surface area contributed by atoms with Crippen LogP contribution < -0.4 is 4.74 Å². The summed E-state index contributed by atoms with van der Waals surface area (Å²) in [5.41, 5.74) is 2.00. The minimum atomic E-state index is 0.0472. The highest BCUT2D eigenvalue weighted by molar-refractivity contribution is 7.20. The van der Waals surface area contributed by atoms with Crippen LogP contribution in [0.3, 0.4) is 0 Å². The van der Waals surface area contributed by atoms with Gasteiger partial charge in [0.25, 0.3) is 5.91 Å². The summed E-state index contributed by atoms with van der Waals surface area (Å²) >= 11 is 1.44. The molecule has 4 rings (SSSR count). The normalized spacial score (nSPS) is 11.0. The molecule has 27 heavy (non-hydrogen) atoms. The molecule has 0 saturated heterocycles. The number of methoxy groups -OCH3 is 1. The zero-order chi connectivity index (χ0) is 18.8. The smallest absolute Gasteiger partial charge is 0.264 e. The first-order valence-corrected chi connectivity index (χ1v) is 9.71.